The largest absolute Gasteiger partial charge is 0.497 e. The molecule has 1 fully saturated rings. The Kier molecular flexibility index (Phi) is 6.06. The molecule has 0 aliphatic carbocycles. The Balaban J connectivity index is 1.49. The van der Waals surface area contributed by atoms with Crippen LogP contribution in [-0.4, -0.2) is 53.7 Å². The van der Waals surface area contributed by atoms with E-state index >= 15 is 0 Å². The highest BCUT2D eigenvalue weighted by Gasteiger charge is 2.19. The molecule has 1 aromatic heterocycles. The van der Waals surface area contributed by atoms with Gasteiger partial charge in [-0.05, 0) is 45.0 Å². The summed E-state index contributed by atoms with van der Waals surface area (Å²) in [6.07, 6.45) is 3.52. The minimum Gasteiger partial charge on any atom is -0.497 e. The van der Waals surface area contributed by atoms with E-state index in [0.717, 1.165) is 31.7 Å². The van der Waals surface area contributed by atoms with Gasteiger partial charge in [-0.25, -0.2) is 4.68 Å². The molecule has 2 aromatic rings. The molecule has 140 valence electrons. The number of piperidine rings is 1. The highest BCUT2D eigenvalue weighted by atomic mass is 16.5. The van der Waals surface area contributed by atoms with E-state index in [-0.39, 0.29) is 12.0 Å². The average molecular weight is 359 g/mol. The van der Waals surface area contributed by atoms with Crippen LogP contribution in [0.3, 0.4) is 0 Å². The van der Waals surface area contributed by atoms with E-state index in [2.05, 4.69) is 20.9 Å². The first-order valence-corrected chi connectivity index (χ1v) is 8.87. The third-order valence-corrected chi connectivity index (χ3v) is 4.35. The maximum Gasteiger partial charge on any atom is 0.273 e. The predicted molar refractivity (Wildman–Crippen MR) is 96.6 cm³/mol. The van der Waals surface area contributed by atoms with Gasteiger partial charge in [0.1, 0.15) is 17.6 Å². The summed E-state index contributed by atoms with van der Waals surface area (Å²) >= 11 is 0. The summed E-state index contributed by atoms with van der Waals surface area (Å²) in [7, 11) is 1.61. The zero-order chi connectivity index (χ0) is 18.4. The summed E-state index contributed by atoms with van der Waals surface area (Å²) < 4.78 is 12.8. The van der Waals surface area contributed by atoms with Crippen LogP contribution in [0.4, 0.5) is 0 Å². The van der Waals surface area contributed by atoms with Crippen molar-refractivity contribution in [3.63, 3.8) is 0 Å². The molecule has 1 atom stereocenters. The van der Waals surface area contributed by atoms with Gasteiger partial charge in [0, 0.05) is 6.07 Å². The standard InChI is InChI=1S/C18H25N5O3/c1-13(26-16-5-3-4-15(10-16)25-2)11-20-18(24)17-12-23(22-21-17)14-6-8-19-9-7-14/h3-5,10,12-14,19H,6-9,11H2,1-2H3,(H,20,24). The number of benzene rings is 1. The Bertz CT molecular complexity index is 727. The van der Waals surface area contributed by atoms with Gasteiger partial charge in [0.05, 0.1) is 25.9 Å². The molecule has 1 aromatic carbocycles. The van der Waals surface area contributed by atoms with Crippen molar-refractivity contribution in [1.82, 2.24) is 25.6 Å². The van der Waals surface area contributed by atoms with Crippen molar-refractivity contribution in [2.45, 2.75) is 31.9 Å². The van der Waals surface area contributed by atoms with Crippen molar-refractivity contribution in [3.8, 4) is 11.5 Å². The van der Waals surface area contributed by atoms with Crippen molar-refractivity contribution in [2.75, 3.05) is 26.7 Å². The van der Waals surface area contributed by atoms with Crippen LogP contribution in [0, 0.1) is 0 Å². The maximum absolute atomic E-state index is 12.3. The van der Waals surface area contributed by atoms with E-state index in [1.165, 1.54) is 0 Å². The van der Waals surface area contributed by atoms with Crippen LogP contribution in [0.5, 0.6) is 11.5 Å². The van der Waals surface area contributed by atoms with Gasteiger partial charge in [0.25, 0.3) is 5.91 Å². The summed E-state index contributed by atoms with van der Waals surface area (Å²) in [4.78, 5) is 12.3. The van der Waals surface area contributed by atoms with Crippen molar-refractivity contribution in [1.29, 1.82) is 0 Å². The van der Waals surface area contributed by atoms with E-state index in [1.54, 1.807) is 18.0 Å². The van der Waals surface area contributed by atoms with Crippen molar-refractivity contribution in [2.24, 2.45) is 0 Å². The maximum atomic E-state index is 12.3. The molecule has 0 bridgehead atoms. The molecule has 1 saturated heterocycles. The van der Waals surface area contributed by atoms with E-state index in [1.807, 2.05) is 31.2 Å². The van der Waals surface area contributed by atoms with Gasteiger partial charge in [-0.1, -0.05) is 11.3 Å². The number of hydrogen-bond donors (Lipinski definition) is 2. The smallest absolute Gasteiger partial charge is 0.273 e. The summed E-state index contributed by atoms with van der Waals surface area (Å²) in [5.41, 5.74) is 0.331. The van der Waals surface area contributed by atoms with E-state index in [9.17, 15) is 4.79 Å². The third-order valence-electron chi connectivity index (χ3n) is 4.35. The van der Waals surface area contributed by atoms with Crippen LogP contribution in [0.25, 0.3) is 0 Å². The lowest BCUT2D eigenvalue weighted by Crippen LogP contribution is -2.33. The van der Waals surface area contributed by atoms with Gasteiger partial charge in [0.15, 0.2) is 5.69 Å². The highest BCUT2D eigenvalue weighted by Crippen LogP contribution is 2.20. The molecular weight excluding hydrogens is 334 g/mol. The molecule has 1 aliphatic heterocycles. The Morgan fingerprint density at radius 1 is 1.38 bits per heavy atom. The fourth-order valence-corrected chi connectivity index (χ4v) is 2.91. The molecule has 0 radical (unpaired) electrons. The van der Waals surface area contributed by atoms with Crippen molar-refractivity contribution >= 4 is 5.91 Å². The van der Waals surface area contributed by atoms with E-state index < -0.39 is 0 Å². The second-order valence-corrected chi connectivity index (χ2v) is 6.38. The number of nitrogens with one attached hydrogen (secondary N) is 2. The number of carbonyl (C=O) groups excluding carboxylic acids is 1. The van der Waals surface area contributed by atoms with Crippen LogP contribution in [0.15, 0.2) is 30.5 Å². The van der Waals surface area contributed by atoms with Crippen LogP contribution in [0.1, 0.15) is 36.3 Å². The first-order valence-electron chi connectivity index (χ1n) is 8.87. The van der Waals surface area contributed by atoms with Gasteiger partial charge < -0.3 is 20.1 Å². The van der Waals surface area contributed by atoms with Crippen LogP contribution in [0.2, 0.25) is 0 Å². The zero-order valence-corrected chi connectivity index (χ0v) is 15.1. The molecule has 3 rings (SSSR count). The molecule has 8 nitrogen and oxygen atoms in total. The number of nitrogens with zero attached hydrogens (tertiary/aromatic N) is 3. The number of ether oxygens (including phenoxy) is 2. The monoisotopic (exact) mass is 359 g/mol. The summed E-state index contributed by atoms with van der Waals surface area (Å²) in [5.74, 6) is 1.18. The number of carbonyl (C=O) groups is 1. The van der Waals surface area contributed by atoms with E-state index in [4.69, 9.17) is 9.47 Å². The highest BCUT2D eigenvalue weighted by molar-refractivity contribution is 5.91. The van der Waals surface area contributed by atoms with Crippen molar-refractivity contribution < 1.29 is 14.3 Å². The summed E-state index contributed by atoms with van der Waals surface area (Å²) in [6, 6.07) is 7.68. The molecule has 8 heteroatoms. The first-order chi connectivity index (χ1) is 12.7. The molecule has 1 aliphatic rings. The molecule has 1 unspecified atom stereocenters. The number of aromatic nitrogens is 3. The Hall–Kier alpha value is -2.61. The van der Waals surface area contributed by atoms with Crippen molar-refractivity contribution in [3.05, 3.63) is 36.2 Å². The number of amides is 1. The normalized spacial score (nSPS) is 16.1. The molecule has 1 amide bonds. The fourth-order valence-electron chi connectivity index (χ4n) is 2.91. The molecule has 2 heterocycles. The quantitative estimate of drug-likeness (QED) is 0.777. The van der Waals surface area contributed by atoms with Gasteiger partial charge in [-0.15, -0.1) is 5.10 Å². The third kappa shape index (κ3) is 4.72. The van der Waals surface area contributed by atoms with E-state index in [0.29, 0.717) is 24.0 Å². The number of hydrogen-bond acceptors (Lipinski definition) is 6. The molecular formula is C18H25N5O3. The van der Waals surface area contributed by atoms with Gasteiger partial charge in [-0.3, -0.25) is 4.79 Å². The van der Waals surface area contributed by atoms with Crippen LogP contribution >= 0.6 is 0 Å². The first kappa shape index (κ1) is 18.2. The van der Waals surface area contributed by atoms with Gasteiger partial charge in [-0.2, -0.15) is 0 Å². The Morgan fingerprint density at radius 2 is 2.15 bits per heavy atom. The van der Waals surface area contributed by atoms with Crippen LogP contribution < -0.4 is 20.1 Å². The fraction of sp³-hybridized carbons (Fsp3) is 0.500. The molecule has 26 heavy (non-hydrogen) atoms. The second kappa shape index (κ2) is 8.66. The lowest BCUT2D eigenvalue weighted by Gasteiger charge is -2.22. The van der Waals surface area contributed by atoms with Gasteiger partial charge in [0.2, 0.25) is 0 Å². The predicted octanol–water partition coefficient (Wildman–Crippen LogP) is 1.41. The Morgan fingerprint density at radius 3 is 2.92 bits per heavy atom. The molecule has 0 spiro atoms. The average Bonchev–Trinajstić information content (AvgIpc) is 3.17. The SMILES string of the molecule is COc1cccc(OC(C)CNC(=O)c2cn(C3CCNCC3)nn2)c1. The lowest BCUT2D eigenvalue weighted by molar-refractivity contribution is 0.0927. The van der Waals surface area contributed by atoms with Crippen LogP contribution in [-0.2, 0) is 0 Å². The number of rotatable bonds is 7. The lowest BCUT2D eigenvalue weighted by atomic mass is 10.1. The Labute approximate surface area is 152 Å². The second-order valence-electron chi connectivity index (χ2n) is 6.38. The minimum absolute atomic E-state index is 0.189. The van der Waals surface area contributed by atoms with Gasteiger partial charge >= 0.3 is 0 Å². The molecule has 0 saturated carbocycles. The summed E-state index contributed by atoms with van der Waals surface area (Å²) in [5, 5.41) is 14.3. The minimum atomic E-state index is -0.244. The topological polar surface area (TPSA) is 90.3 Å². The molecule has 2 N–H and O–H groups in total. The summed E-state index contributed by atoms with van der Waals surface area (Å²) in [6.45, 7) is 4.19. The zero-order valence-electron chi connectivity index (χ0n) is 15.1. The number of methoxy groups -OCH3 is 1.